The second kappa shape index (κ2) is 5.91. The number of rotatable bonds is 5. The summed E-state index contributed by atoms with van der Waals surface area (Å²) in [5.74, 6) is -3.26. The summed E-state index contributed by atoms with van der Waals surface area (Å²) in [6.45, 7) is 1.28. The molecule has 2 aromatic rings. The fraction of sp³-hybridized carbons (Fsp3) is 0.500. The summed E-state index contributed by atoms with van der Waals surface area (Å²) >= 11 is 0. The summed E-state index contributed by atoms with van der Waals surface area (Å²) in [5.41, 5.74) is 3.71. The molecule has 2 saturated heterocycles. The number of nitrogens with one attached hydrogen (secondary N) is 1. The van der Waals surface area contributed by atoms with Crippen LogP contribution in [0.4, 0.5) is 20.2 Å². The minimum absolute atomic E-state index is 0.00859. The van der Waals surface area contributed by atoms with Gasteiger partial charge in [0.05, 0.1) is 16.6 Å². The number of hydrogen-bond donors (Lipinski definition) is 3. The molecule has 2 aliphatic carbocycles. The van der Waals surface area contributed by atoms with Crippen molar-refractivity contribution < 1.29 is 18.7 Å². The van der Waals surface area contributed by atoms with E-state index in [1.165, 1.54) is 10.8 Å². The highest BCUT2D eigenvalue weighted by Gasteiger charge is 2.55. The summed E-state index contributed by atoms with van der Waals surface area (Å²) in [5, 5.41) is 12.1. The Balaban J connectivity index is 1.76. The molecule has 0 atom stereocenters. The molecule has 3 heterocycles. The number of anilines is 2. The highest BCUT2D eigenvalue weighted by Crippen LogP contribution is 2.54. The Hall–Kier alpha value is -2.68. The first-order valence-corrected chi connectivity index (χ1v) is 9.78. The summed E-state index contributed by atoms with van der Waals surface area (Å²) in [6.07, 6.45) is 4.33. The molecule has 0 radical (unpaired) electrons. The molecular formula is C20H22F2N4O3. The highest BCUT2D eigenvalue weighted by molar-refractivity contribution is 6.00. The number of carboxylic acids is 1. The van der Waals surface area contributed by atoms with E-state index in [9.17, 15) is 14.7 Å². The van der Waals surface area contributed by atoms with Crippen LogP contribution in [0.15, 0.2) is 11.0 Å². The van der Waals surface area contributed by atoms with E-state index < -0.39 is 34.3 Å². The van der Waals surface area contributed by atoms with Gasteiger partial charge in [-0.05, 0) is 32.7 Å². The fourth-order valence-corrected chi connectivity index (χ4v) is 5.21. The van der Waals surface area contributed by atoms with Gasteiger partial charge in [-0.3, -0.25) is 4.79 Å². The molecule has 0 amide bonds. The summed E-state index contributed by atoms with van der Waals surface area (Å²) < 4.78 is 32.5. The minimum Gasteiger partial charge on any atom is -0.477 e. The van der Waals surface area contributed by atoms with Crippen molar-refractivity contribution in [3.8, 4) is 0 Å². The minimum atomic E-state index is -1.44. The van der Waals surface area contributed by atoms with Gasteiger partial charge in [0.15, 0.2) is 11.6 Å². The maximum absolute atomic E-state index is 15.8. The molecule has 4 N–H and O–H groups in total. The topological polar surface area (TPSA) is 101 Å². The van der Waals surface area contributed by atoms with Gasteiger partial charge in [-0.15, -0.1) is 0 Å². The molecule has 0 unspecified atom stereocenters. The first-order chi connectivity index (χ1) is 13.8. The third-order valence-electron chi connectivity index (χ3n) is 6.66. The smallest absolute Gasteiger partial charge is 0.341 e. The molecule has 4 fully saturated rings. The maximum Gasteiger partial charge on any atom is 0.341 e. The zero-order valence-electron chi connectivity index (χ0n) is 16.0. The van der Waals surface area contributed by atoms with Gasteiger partial charge in [-0.25, -0.2) is 13.6 Å². The number of pyridine rings is 1. The van der Waals surface area contributed by atoms with Crippen molar-refractivity contribution in [2.75, 3.05) is 30.8 Å². The third-order valence-corrected chi connectivity index (χ3v) is 6.66. The van der Waals surface area contributed by atoms with E-state index in [0.717, 1.165) is 32.2 Å². The van der Waals surface area contributed by atoms with E-state index in [1.807, 2.05) is 7.05 Å². The first kappa shape index (κ1) is 18.4. The van der Waals surface area contributed by atoms with E-state index in [0.29, 0.717) is 6.54 Å². The van der Waals surface area contributed by atoms with Crippen LogP contribution >= 0.6 is 0 Å². The molecule has 4 aliphatic rings. The molecule has 154 valence electrons. The van der Waals surface area contributed by atoms with Crippen LogP contribution in [-0.2, 0) is 0 Å². The Labute approximate surface area is 165 Å². The Bertz CT molecular complexity index is 1120. The van der Waals surface area contributed by atoms with E-state index >= 15 is 8.78 Å². The van der Waals surface area contributed by atoms with Crippen LogP contribution in [-0.4, -0.2) is 41.8 Å². The molecule has 2 saturated carbocycles. The lowest BCUT2D eigenvalue weighted by atomic mass is 9.70. The number of nitrogens with two attached hydrogens (primary N) is 1. The van der Waals surface area contributed by atoms with E-state index in [4.69, 9.17) is 5.73 Å². The number of nitrogens with zero attached hydrogens (tertiary/aromatic N) is 2. The van der Waals surface area contributed by atoms with Gasteiger partial charge >= 0.3 is 5.97 Å². The predicted octanol–water partition coefficient (Wildman–Crippen LogP) is 2.08. The maximum atomic E-state index is 15.8. The zero-order valence-corrected chi connectivity index (χ0v) is 16.0. The van der Waals surface area contributed by atoms with E-state index in [2.05, 4.69) is 5.32 Å². The van der Waals surface area contributed by atoms with Crippen LogP contribution in [0.3, 0.4) is 0 Å². The lowest BCUT2D eigenvalue weighted by Gasteiger charge is -2.37. The highest BCUT2D eigenvalue weighted by atomic mass is 19.1. The zero-order chi connectivity index (χ0) is 20.7. The number of halogens is 2. The van der Waals surface area contributed by atoms with Gasteiger partial charge in [-0.1, -0.05) is 0 Å². The lowest BCUT2D eigenvalue weighted by Crippen LogP contribution is -2.41. The Morgan fingerprint density at radius 2 is 2.00 bits per heavy atom. The fourth-order valence-electron chi connectivity index (χ4n) is 5.21. The molecule has 9 heteroatoms. The number of carbonyl (C=O) groups is 1. The van der Waals surface area contributed by atoms with Crippen molar-refractivity contribution in [1.82, 2.24) is 9.88 Å². The monoisotopic (exact) mass is 404 g/mol. The third kappa shape index (κ3) is 2.43. The number of hydrogen-bond acceptors (Lipinski definition) is 5. The lowest BCUT2D eigenvalue weighted by molar-refractivity contribution is 0.0695. The predicted molar refractivity (Wildman–Crippen MR) is 104 cm³/mol. The second-order valence-electron chi connectivity index (χ2n) is 8.65. The summed E-state index contributed by atoms with van der Waals surface area (Å²) in [4.78, 5) is 25.9. The second-order valence-corrected chi connectivity index (χ2v) is 8.65. The van der Waals surface area contributed by atoms with Crippen LogP contribution in [0.2, 0.25) is 0 Å². The largest absolute Gasteiger partial charge is 0.477 e. The van der Waals surface area contributed by atoms with Gasteiger partial charge in [0.2, 0.25) is 5.43 Å². The summed E-state index contributed by atoms with van der Waals surface area (Å²) in [6, 6.07) is -0.0881. The molecule has 2 aliphatic heterocycles. The Morgan fingerprint density at radius 3 is 2.59 bits per heavy atom. The van der Waals surface area contributed by atoms with Crippen LogP contribution < -0.4 is 21.4 Å². The van der Waals surface area contributed by atoms with Crippen molar-refractivity contribution in [3.05, 3.63) is 33.6 Å². The Kier molecular flexibility index (Phi) is 3.74. The van der Waals surface area contributed by atoms with E-state index in [-0.39, 0.29) is 34.1 Å². The Morgan fingerprint density at radius 1 is 1.31 bits per heavy atom. The van der Waals surface area contributed by atoms with Gasteiger partial charge in [0.25, 0.3) is 0 Å². The molecule has 29 heavy (non-hydrogen) atoms. The van der Waals surface area contributed by atoms with Crippen LogP contribution in [0.1, 0.15) is 42.1 Å². The average Bonchev–Trinajstić information content (AvgIpc) is 3.35. The van der Waals surface area contributed by atoms with Crippen molar-refractivity contribution in [2.24, 2.45) is 5.41 Å². The van der Waals surface area contributed by atoms with Crippen molar-refractivity contribution in [1.29, 1.82) is 0 Å². The first-order valence-electron chi connectivity index (χ1n) is 9.78. The van der Waals surface area contributed by atoms with Crippen molar-refractivity contribution in [3.63, 3.8) is 0 Å². The number of benzene rings is 1. The van der Waals surface area contributed by atoms with Crippen LogP contribution in [0.5, 0.6) is 0 Å². The SMILES string of the molecule is CNCC12CC(C1)N(c1c(F)c(N)c3c(=O)c(C(=O)O)cn(C4CC4)c3c1F)C2. The van der Waals surface area contributed by atoms with Gasteiger partial charge < -0.3 is 25.6 Å². The standard InChI is InChI=1S/C20H22F2N4O3/c1-24-7-20-4-10(5-20)26(8-20)17-13(21)15(23)12-16(14(17)22)25(9-2-3-9)6-11(18(12)27)19(28)29/h6,9-10,24H,2-5,7-8,23H2,1H3,(H,28,29). The molecule has 1 aromatic heterocycles. The molecule has 7 nitrogen and oxygen atoms in total. The molecule has 1 aromatic carbocycles. The van der Waals surface area contributed by atoms with Gasteiger partial charge in [0.1, 0.15) is 11.3 Å². The number of fused-ring (bicyclic) bond motifs is 2. The molecule has 6 rings (SSSR count). The number of aromatic carboxylic acids is 1. The quantitative estimate of drug-likeness (QED) is 0.660. The van der Waals surface area contributed by atoms with E-state index in [1.54, 1.807) is 4.90 Å². The number of carboxylic acid groups (broad SMARTS) is 1. The average molecular weight is 404 g/mol. The molecular weight excluding hydrogens is 382 g/mol. The number of aromatic nitrogens is 1. The molecule has 0 spiro atoms. The summed E-state index contributed by atoms with van der Waals surface area (Å²) in [7, 11) is 1.86. The van der Waals surface area contributed by atoms with Gasteiger partial charge in [0, 0.05) is 36.8 Å². The molecule has 2 bridgehead atoms. The van der Waals surface area contributed by atoms with Crippen molar-refractivity contribution in [2.45, 2.75) is 37.8 Å². The van der Waals surface area contributed by atoms with Crippen molar-refractivity contribution >= 4 is 28.2 Å². The van der Waals surface area contributed by atoms with Crippen LogP contribution in [0.25, 0.3) is 10.9 Å². The normalized spacial score (nSPS) is 25.5. The van der Waals surface area contributed by atoms with Gasteiger partial charge in [-0.2, -0.15) is 0 Å². The number of nitrogen functional groups attached to an aromatic ring is 1. The van der Waals surface area contributed by atoms with Crippen LogP contribution in [0, 0.1) is 17.0 Å².